The van der Waals surface area contributed by atoms with E-state index in [9.17, 15) is 4.55 Å². The van der Waals surface area contributed by atoms with Gasteiger partial charge >= 0.3 is 0 Å². The van der Waals surface area contributed by atoms with E-state index < -0.39 is 11.2 Å². The molecule has 0 aromatic carbocycles. The molecule has 2 aliphatic rings. The normalized spacial score (nSPS) is 36.0. The summed E-state index contributed by atoms with van der Waals surface area (Å²) in [5.41, 5.74) is 0. The first-order valence-electron chi connectivity index (χ1n) is 5.76. The zero-order valence-electron chi connectivity index (χ0n) is 9.24. The SMILES string of the molecule is CC(C)[C@H]1C[C@@H](N2CC[S+]([O-])CC2)C1. The summed E-state index contributed by atoms with van der Waals surface area (Å²) < 4.78 is 11.2. The molecule has 0 spiro atoms. The molecule has 82 valence electrons. The van der Waals surface area contributed by atoms with Crippen LogP contribution in [0.4, 0.5) is 0 Å². The van der Waals surface area contributed by atoms with Crippen LogP contribution in [0.3, 0.4) is 0 Å². The summed E-state index contributed by atoms with van der Waals surface area (Å²) in [4.78, 5) is 2.56. The minimum absolute atomic E-state index is 0.515. The van der Waals surface area contributed by atoms with Gasteiger partial charge in [0.1, 0.15) is 11.5 Å². The highest BCUT2D eigenvalue weighted by Crippen LogP contribution is 2.37. The molecule has 0 amide bonds. The maximum Gasteiger partial charge on any atom is 0.118 e. The molecule has 0 unspecified atom stereocenters. The second-order valence-electron chi connectivity index (χ2n) is 5.01. The van der Waals surface area contributed by atoms with Gasteiger partial charge in [-0.05, 0) is 24.7 Å². The Morgan fingerprint density at radius 1 is 1.21 bits per heavy atom. The minimum Gasteiger partial charge on any atom is -0.616 e. The predicted molar refractivity (Wildman–Crippen MR) is 60.8 cm³/mol. The van der Waals surface area contributed by atoms with Crippen LogP contribution in [-0.2, 0) is 11.2 Å². The third-order valence-corrected chi connectivity index (χ3v) is 5.10. The lowest BCUT2D eigenvalue weighted by atomic mass is 9.73. The Bertz CT molecular complexity index is 184. The average molecular weight is 215 g/mol. The first-order valence-corrected chi connectivity index (χ1v) is 7.24. The summed E-state index contributed by atoms with van der Waals surface area (Å²) in [6, 6.07) is 0.819. The van der Waals surface area contributed by atoms with Gasteiger partial charge < -0.3 is 4.55 Å². The van der Waals surface area contributed by atoms with E-state index in [1.54, 1.807) is 0 Å². The molecule has 1 saturated heterocycles. The minimum atomic E-state index is -0.515. The summed E-state index contributed by atoms with van der Waals surface area (Å²) in [6.45, 7) is 6.79. The van der Waals surface area contributed by atoms with Crippen molar-refractivity contribution in [2.75, 3.05) is 24.6 Å². The number of rotatable bonds is 2. The summed E-state index contributed by atoms with van der Waals surface area (Å²) in [6.07, 6.45) is 2.76. The molecule has 2 nitrogen and oxygen atoms in total. The van der Waals surface area contributed by atoms with Crippen molar-refractivity contribution in [3.63, 3.8) is 0 Å². The fourth-order valence-electron chi connectivity index (χ4n) is 2.49. The summed E-state index contributed by atoms with van der Waals surface area (Å²) in [7, 11) is 0. The van der Waals surface area contributed by atoms with E-state index in [4.69, 9.17) is 0 Å². The van der Waals surface area contributed by atoms with Gasteiger partial charge in [-0.1, -0.05) is 25.0 Å². The van der Waals surface area contributed by atoms with Crippen molar-refractivity contribution >= 4 is 11.2 Å². The van der Waals surface area contributed by atoms with Crippen molar-refractivity contribution in [2.24, 2.45) is 11.8 Å². The zero-order chi connectivity index (χ0) is 10.1. The maximum absolute atomic E-state index is 11.2. The molecule has 1 saturated carbocycles. The lowest BCUT2D eigenvalue weighted by Gasteiger charge is -2.45. The van der Waals surface area contributed by atoms with E-state index >= 15 is 0 Å². The van der Waals surface area contributed by atoms with Crippen molar-refractivity contribution in [1.29, 1.82) is 0 Å². The van der Waals surface area contributed by atoms with E-state index in [-0.39, 0.29) is 0 Å². The van der Waals surface area contributed by atoms with Crippen LogP contribution in [0.5, 0.6) is 0 Å². The summed E-state index contributed by atoms with van der Waals surface area (Å²) in [5, 5.41) is 0. The topological polar surface area (TPSA) is 26.3 Å². The molecule has 14 heavy (non-hydrogen) atoms. The number of hydrogen-bond donors (Lipinski definition) is 0. The van der Waals surface area contributed by atoms with Gasteiger partial charge in [-0.15, -0.1) is 0 Å². The molecule has 1 heterocycles. The fraction of sp³-hybridized carbons (Fsp3) is 1.00. The van der Waals surface area contributed by atoms with Crippen molar-refractivity contribution in [1.82, 2.24) is 4.90 Å². The second kappa shape index (κ2) is 4.42. The van der Waals surface area contributed by atoms with Crippen LogP contribution in [0.2, 0.25) is 0 Å². The second-order valence-corrected chi connectivity index (χ2v) is 6.71. The standard InChI is InChI=1S/C11H21NOS/c1-9(2)10-7-11(8-10)12-3-5-14(13)6-4-12/h9-11H,3-8H2,1-2H3/t10-,11+. The summed E-state index contributed by atoms with van der Waals surface area (Å²) in [5.74, 6) is 3.61. The molecule has 0 N–H and O–H groups in total. The largest absolute Gasteiger partial charge is 0.616 e. The highest BCUT2D eigenvalue weighted by molar-refractivity contribution is 7.91. The van der Waals surface area contributed by atoms with Gasteiger partial charge in [0.05, 0.1) is 0 Å². The zero-order valence-corrected chi connectivity index (χ0v) is 10.1. The van der Waals surface area contributed by atoms with Gasteiger partial charge in [0.2, 0.25) is 0 Å². The van der Waals surface area contributed by atoms with Crippen molar-refractivity contribution in [3.05, 3.63) is 0 Å². The van der Waals surface area contributed by atoms with Crippen LogP contribution >= 0.6 is 0 Å². The van der Waals surface area contributed by atoms with Gasteiger partial charge in [0.25, 0.3) is 0 Å². The molecule has 1 aliphatic heterocycles. The van der Waals surface area contributed by atoms with E-state index in [0.717, 1.165) is 42.5 Å². The number of hydrogen-bond acceptors (Lipinski definition) is 2. The van der Waals surface area contributed by atoms with Crippen LogP contribution in [0, 0.1) is 11.8 Å². The van der Waals surface area contributed by atoms with Gasteiger partial charge in [-0.25, -0.2) is 0 Å². The Balaban J connectivity index is 1.72. The van der Waals surface area contributed by atoms with Gasteiger partial charge in [-0.3, -0.25) is 4.90 Å². The van der Waals surface area contributed by atoms with Crippen LogP contribution in [-0.4, -0.2) is 40.1 Å². The molecule has 3 heteroatoms. The van der Waals surface area contributed by atoms with Gasteiger partial charge in [-0.2, -0.15) is 0 Å². The Kier molecular flexibility index (Phi) is 3.40. The van der Waals surface area contributed by atoms with Crippen LogP contribution in [0.15, 0.2) is 0 Å². The molecule has 0 aromatic heterocycles. The summed E-state index contributed by atoms with van der Waals surface area (Å²) >= 11 is -0.515. The quantitative estimate of drug-likeness (QED) is 0.652. The maximum atomic E-state index is 11.2. The van der Waals surface area contributed by atoms with Crippen LogP contribution in [0.25, 0.3) is 0 Å². The van der Waals surface area contributed by atoms with E-state index in [0.29, 0.717) is 0 Å². The molecular formula is C11H21NOS. The Morgan fingerprint density at radius 2 is 1.79 bits per heavy atom. The molecule has 1 aliphatic carbocycles. The lowest BCUT2D eigenvalue weighted by Crippen LogP contribution is -2.51. The first-order chi connectivity index (χ1) is 6.66. The monoisotopic (exact) mass is 215 g/mol. The number of nitrogens with zero attached hydrogens (tertiary/aromatic N) is 1. The molecule has 0 radical (unpaired) electrons. The van der Waals surface area contributed by atoms with Gasteiger partial charge in [0.15, 0.2) is 0 Å². The molecule has 0 bridgehead atoms. The van der Waals surface area contributed by atoms with E-state index in [2.05, 4.69) is 18.7 Å². The highest BCUT2D eigenvalue weighted by atomic mass is 32.2. The Morgan fingerprint density at radius 3 is 2.29 bits per heavy atom. The molecule has 2 fully saturated rings. The van der Waals surface area contributed by atoms with E-state index in [1.165, 1.54) is 12.8 Å². The predicted octanol–water partition coefficient (Wildman–Crippen LogP) is 1.49. The first kappa shape index (κ1) is 10.8. The van der Waals surface area contributed by atoms with Crippen molar-refractivity contribution in [3.8, 4) is 0 Å². The van der Waals surface area contributed by atoms with Crippen molar-refractivity contribution in [2.45, 2.75) is 32.7 Å². The smallest absolute Gasteiger partial charge is 0.118 e. The Labute approximate surface area is 90.2 Å². The highest BCUT2D eigenvalue weighted by Gasteiger charge is 2.36. The van der Waals surface area contributed by atoms with E-state index in [1.807, 2.05) is 0 Å². The molecule has 0 atom stereocenters. The van der Waals surface area contributed by atoms with Gasteiger partial charge in [0, 0.05) is 19.1 Å². The van der Waals surface area contributed by atoms with Crippen molar-refractivity contribution < 1.29 is 4.55 Å². The fourth-order valence-corrected chi connectivity index (χ4v) is 3.57. The average Bonchev–Trinajstić information content (AvgIpc) is 2.05. The van der Waals surface area contributed by atoms with Crippen LogP contribution in [0.1, 0.15) is 26.7 Å². The third-order valence-electron chi connectivity index (χ3n) is 3.82. The Hall–Kier alpha value is 0.270. The van der Waals surface area contributed by atoms with Crippen LogP contribution < -0.4 is 0 Å². The molecular weight excluding hydrogens is 194 g/mol. The molecule has 0 aromatic rings. The molecule has 2 rings (SSSR count). The lowest BCUT2D eigenvalue weighted by molar-refractivity contribution is 0.0618. The third kappa shape index (κ3) is 2.26.